The number of unbranched alkanes of at least 4 members (excludes halogenated alkanes) is 1. The van der Waals surface area contributed by atoms with Gasteiger partial charge in [0.15, 0.2) is 0 Å². The van der Waals surface area contributed by atoms with Crippen LogP contribution < -0.4 is 5.32 Å². The third kappa shape index (κ3) is 2.78. The first-order chi connectivity index (χ1) is 7.81. The van der Waals surface area contributed by atoms with Crippen LogP contribution in [0.4, 0.5) is 0 Å². The van der Waals surface area contributed by atoms with Gasteiger partial charge >= 0.3 is 0 Å². The first-order valence-corrected chi connectivity index (χ1v) is 7.11. The molecule has 0 saturated heterocycles. The largest absolute Gasteiger partial charge is 0.353 e. The molecule has 2 aliphatic rings. The molecule has 2 fully saturated rings. The third-order valence-corrected chi connectivity index (χ3v) is 4.39. The van der Waals surface area contributed by atoms with Crippen LogP contribution in [-0.2, 0) is 4.79 Å². The summed E-state index contributed by atoms with van der Waals surface area (Å²) in [5, 5.41) is 3.30. The van der Waals surface area contributed by atoms with Gasteiger partial charge in [0.25, 0.3) is 0 Å². The van der Waals surface area contributed by atoms with Crippen LogP contribution in [0, 0.1) is 11.8 Å². The fraction of sp³-hybridized carbons (Fsp3) is 0.929. The molecule has 2 rings (SSSR count). The Bertz CT molecular complexity index is 235. The molecule has 2 unspecified atom stereocenters. The quantitative estimate of drug-likeness (QED) is 0.761. The Morgan fingerprint density at radius 2 is 1.94 bits per heavy atom. The number of amides is 1. The van der Waals surface area contributed by atoms with Crippen molar-refractivity contribution in [1.82, 2.24) is 5.32 Å². The van der Waals surface area contributed by atoms with Crippen molar-refractivity contribution < 1.29 is 4.79 Å². The van der Waals surface area contributed by atoms with Gasteiger partial charge in [-0.25, -0.2) is 0 Å². The molecule has 2 heteroatoms. The lowest BCUT2D eigenvalue weighted by Crippen LogP contribution is -2.42. The van der Waals surface area contributed by atoms with Gasteiger partial charge < -0.3 is 5.32 Å². The zero-order valence-electron chi connectivity index (χ0n) is 10.5. The predicted octanol–water partition coefficient (Wildman–Crippen LogP) is 3.26. The molecule has 2 aliphatic carbocycles. The second-order valence-electron chi connectivity index (χ2n) is 5.58. The topological polar surface area (TPSA) is 29.1 Å². The molecule has 16 heavy (non-hydrogen) atoms. The zero-order chi connectivity index (χ0) is 11.4. The van der Waals surface area contributed by atoms with Crippen LogP contribution in [-0.4, -0.2) is 11.9 Å². The molecule has 2 nitrogen and oxygen atoms in total. The van der Waals surface area contributed by atoms with Gasteiger partial charge in [-0.3, -0.25) is 4.79 Å². The third-order valence-electron chi connectivity index (χ3n) is 4.39. The standard InChI is InChI=1S/C14H25NO/c1-2-3-6-11-7-5-10-13(11)15-14(16)12-8-4-9-12/h11-13H,2-10H2,1H3,(H,15,16). The van der Waals surface area contributed by atoms with Crippen LogP contribution in [0.1, 0.15) is 64.7 Å². The molecule has 0 aliphatic heterocycles. The predicted molar refractivity (Wildman–Crippen MR) is 66.1 cm³/mol. The molecule has 92 valence electrons. The second kappa shape index (κ2) is 5.70. The highest BCUT2D eigenvalue weighted by Gasteiger charge is 2.31. The van der Waals surface area contributed by atoms with E-state index in [1.54, 1.807) is 0 Å². The molecule has 2 saturated carbocycles. The lowest BCUT2D eigenvalue weighted by atomic mass is 9.84. The van der Waals surface area contributed by atoms with Crippen molar-refractivity contribution in [1.29, 1.82) is 0 Å². The summed E-state index contributed by atoms with van der Waals surface area (Å²) >= 11 is 0. The van der Waals surface area contributed by atoms with Crippen molar-refractivity contribution >= 4 is 5.91 Å². The SMILES string of the molecule is CCCCC1CCCC1NC(=O)C1CCC1. The van der Waals surface area contributed by atoms with E-state index in [1.807, 2.05) is 0 Å². The fourth-order valence-electron chi connectivity index (χ4n) is 3.01. The monoisotopic (exact) mass is 223 g/mol. The first-order valence-electron chi connectivity index (χ1n) is 7.11. The van der Waals surface area contributed by atoms with Crippen LogP contribution in [0.15, 0.2) is 0 Å². The van der Waals surface area contributed by atoms with E-state index in [1.165, 1.54) is 44.9 Å². The molecule has 0 aromatic rings. The molecule has 2 atom stereocenters. The van der Waals surface area contributed by atoms with E-state index in [0.29, 0.717) is 17.9 Å². The van der Waals surface area contributed by atoms with Gasteiger partial charge in [0.2, 0.25) is 5.91 Å². The van der Waals surface area contributed by atoms with Gasteiger partial charge in [0.05, 0.1) is 0 Å². The number of nitrogens with one attached hydrogen (secondary N) is 1. The minimum atomic E-state index is 0.347. The average Bonchev–Trinajstić information content (AvgIpc) is 2.59. The lowest BCUT2D eigenvalue weighted by molar-refractivity contribution is -0.128. The van der Waals surface area contributed by atoms with Crippen molar-refractivity contribution in [2.24, 2.45) is 11.8 Å². The number of hydrogen-bond donors (Lipinski definition) is 1. The van der Waals surface area contributed by atoms with E-state index in [0.717, 1.165) is 18.8 Å². The minimum absolute atomic E-state index is 0.347. The van der Waals surface area contributed by atoms with Crippen molar-refractivity contribution in [2.75, 3.05) is 0 Å². The average molecular weight is 223 g/mol. The summed E-state index contributed by atoms with van der Waals surface area (Å²) in [6.07, 6.45) is 11.3. The van der Waals surface area contributed by atoms with Crippen molar-refractivity contribution in [3.8, 4) is 0 Å². The first kappa shape index (κ1) is 11.9. The summed E-state index contributed by atoms with van der Waals surface area (Å²) in [5.74, 6) is 1.47. The Balaban J connectivity index is 1.76. The van der Waals surface area contributed by atoms with Crippen molar-refractivity contribution in [2.45, 2.75) is 70.8 Å². The maximum Gasteiger partial charge on any atom is 0.223 e. The van der Waals surface area contributed by atoms with Crippen LogP contribution in [0.25, 0.3) is 0 Å². The molecular formula is C14H25NO. The van der Waals surface area contributed by atoms with E-state index in [2.05, 4.69) is 12.2 Å². The summed E-state index contributed by atoms with van der Waals surface area (Å²) in [7, 11) is 0. The van der Waals surface area contributed by atoms with Gasteiger partial charge in [-0.1, -0.05) is 32.6 Å². The summed E-state index contributed by atoms with van der Waals surface area (Å²) in [4.78, 5) is 11.9. The highest BCUT2D eigenvalue weighted by Crippen LogP contribution is 2.32. The highest BCUT2D eigenvalue weighted by molar-refractivity contribution is 5.79. The van der Waals surface area contributed by atoms with Crippen LogP contribution in [0.3, 0.4) is 0 Å². The van der Waals surface area contributed by atoms with Crippen molar-refractivity contribution in [3.05, 3.63) is 0 Å². The molecular weight excluding hydrogens is 198 g/mol. The molecule has 0 aromatic carbocycles. The van der Waals surface area contributed by atoms with Gasteiger partial charge in [0.1, 0.15) is 0 Å². The van der Waals surface area contributed by atoms with Crippen LogP contribution in [0.2, 0.25) is 0 Å². The Labute approximate surface area is 99.2 Å². The van der Waals surface area contributed by atoms with Gasteiger partial charge in [-0.2, -0.15) is 0 Å². The van der Waals surface area contributed by atoms with Gasteiger partial charge in [0, 0.05) is 12.0 Å². The molecule has 0 radical (unpaired) electrons. The van der Waals surface area contributed by atoms with E-state index in [4.69, 9.17) is 0 Å². The summed E-state index contributed by atoms with van der Waals surface area (Å²) in [5.41, 5.74) is 0. The maximum absolute atomic E-state index is 11.9. The van der Waals surface area contributed by atoms with E-state index >= 15 is 0 Å². The van der Waals surface area contributed by atoms with E-state index < -0.39 is 0 Å². The number of rotatable bonds is 5. The van der Waals surface area contributed by atoms with Crippen LogP contribution >= 0.6 is 0 Å². The molecule has 0 spiro atoms. The number of carbonyl (C=O) groups is 1. The van der Waals surface area contributed by atoms with Crippen molar-refractivity contribution in [3.63, 3.8) is 0 Å². The molecule has 1 amide bonds. The zero-order valence-corrected chi connectivity index (χ0v) is 10.5. The molecule has 0 aromatic heterocycles. The number of hydrogen-bond acceptors (Lipinski definition) is 1. The smallest absolute Gasteiger partial charge is 0.223 e. The minimum Gasteiger partial charge on any atom is -0.353 e. The summed E-state index contributed by atoms with van der Waals surface area (Å²) in [6.45, 7) is 2.25. The second-order valence-corrected chi connectivity index (χ2v) is 5.58. The Kier molecular flexibility index (Phi) is 4.25. The Morgan fingerprint density at radius 3 is 2.56 bits per heavy atom. The highest BCUT2D eigenvalue weighted by atomic mass is 16.2. The van der Waals surface area contributed by atoms with Crippen LogP contribution in [0.5, 0.6) is 0 Å². The molecule has 0 heterocycles. The normalized spacial score (nSPS) is 30.1. The van der Waals surface area contributed by atoms with Gasteiger partial charge in [-0.15, -0.1) is 0 Å². The Morgan fingerprint density at radius 1 is 1.19 bits per heavy atom. The summed E-state index contributed by atoms with van der Waals surface area (Å²) < 4.78 is 0. The fourth-order valence-corrected chi connectivity index (χ4v) is 3.01. The summed E-state index contributed by atoms with van der Waals surface area (Å²) in [6, 6.07) is 0.500. The Hall–Kier alpha value is -0.530. The van der Waals surface area contributed by atoms with E-state index in [-0.39, 0.29) is 0 Å². The van der Waals surface area contributed by atoms with E-state index in [9.17, 15) is 4.79 Å². The van der Waals surface area contributed by atoms with Gasteiger partial charge in [-0.05, 0) is 38.0 Å². The lowest BCUT2D eigenvalue weighted by Gasteiger charge is -2.28. The number of carbonyl (C=O) groups excluding carboxylic acids is 1. The maximum atomic E-state index is 11.9. The molecule has 0 bridgehead atoms. The molecule has 1 N–H and O–H groups in total.